The van der Waals surface area contributed by atoms with Gasteiger partial charge < -0.3 is 9.84 Å². The van der Waals surface area contributed by atoms with Gasteiger partial charge in [-0.3, -0.25) is 4.98 Å². The Morgan fingerprint density at radius 3 is 2.43 bits per heavy atom. The van der Waals surface area contributed by atoms with E-state index in [2.05, 4.69) is 36.8 Å². The van der Waals surface area contributed by atoms with Crippen molar-refractivity contribution in [2.45, 2.75) is 6.61 Å². The molecule has 1 aromatic heterocycles. The van der Waals surface area contributed by atoms with Gasteiger partial charge in [-0.2, -0.15) is 0 Å². The number of pyridine rings is 1. The fourth-order valence-electron chi connectivity index (χ4n) is 1.62. The topological polar surface area (TPSA) is 59.4 Å². The van der Waals surface area contributed by atoms with Gasteiger partial charge in [-0.05, 0) is 73.3 Å². The second-order valence-corrected chi connectivity index (χ2v) is 5.84. The molecule has 0 saturated carbocycles. The normalized spacial score (nSPS) is 10.8. The van der Waals surface area contributed by atoms with Crippen LogP contribution in [0, 0.1) is 0 Å². The monoisotopic (exact) mass is 411 g/mol. The number of nitrogens with zero attached hydrogens (tertiary/aromatic N) is 1. The number of carbonyl (C=O) groups is 1. The van der Waals surface area contributed by atoms with Gasteiger partial charge in [0.2, 0.25) is 0 Å². The van der Waals surface area contributed by atoms with Gasteiger partial charge in [0.05, 0.1) is 8.95 Å². The van der Waals surface area contributed by atoms with Crippen LogP contribution >= 0.6 is 31.9 Å². The van der Waals surface area contributed by atoms with Gasteiger partial charge in [0.1, 0.15) is 12.4 Å². The van der Waals surface area contributed by atoms with Crippen LogP contribution in [0.25, 0.3) is 6.08 Å². The molecule has 0 atom stereocenters. The molecule has 0 bridgehead atoms. The predicted octanol–water partition coefficient (Wildman–Crippen LogP) is 4.28. The molecule has 0 unspecified atom stereocenters. The third kappa shape index (κ3) is 4.68. The summed E-state index contributed by atoms with van der Waals surface area (Å²) in [4.78, 5) is 14.5. The van der Waals surface area contributed by atoms with Crippen LogP contribution in [0.1, 0.15) is 11.1 Å². The molecule has 21 heavy (non-hydrogen) atoms. The molecule has 6 heteroatoms. The maximum absolute atomic E-state index is 10.5. The van der Waals surface area contributed by atoms with Gasteiger partial charge in [-0.25, -0.2) is 4.79 Å². The molecule has 0 saturated heterocycles. The minimum absolute atomic E-state index is 0.421. The Balaban J connectivity index is 2.15. The highest BCUT2D eigenvalue weighted by molar-refractivity contribution is 9.11. The third-order valence-electron chi connectivity index (χ3n) is 2.57. The molecule has 0 radical (unpaired) electrons. The summed E-state index contributed by atoms with van der Waals surface area (Å²) in [6, 6.07) is 7.36. The number of hydrogen-bond acceptors (Lipinski definition) is 3. The van der Waals surface area contributed by atoms with E-state index in [1.54, 1.807) is 24.5 Å². The maximum atomic E-state index is 10.5. The second-order valence-electron chi connectivity index (χ2n) is 4.13. The Morgan fingerprint density at radius 1 is 1.24 bits per heavy atom. The van der Waals surface area contributed by atoms with Crippen molar-refractivity contribution >= 4 is 43.9 Å². The molecule has 2 aromatic rings. The fourth-order valence-corrected chi connectivity index (χ4v) is 3.07. The van der Waals surface area contributed by atoms with Crippen LogP contribution in [-0.4, -0.2) is 16.1 Å². The lowest BCUT2D eigenvalue weighted by Crippen LogP contribution is -1.97. The van der Waals surface area contributed by atoms with Crippen LogP contribution in [-0.2, 0) is 11.4 Å². The van der Waals surface area contributed by atoms with E-state index < -0.39 is 5.97 Å². The molecule has 108 valence electrons. The molecule has 0 aliphatic heterocycles. The zero-order chi connectivity index (χ0) is 15.2. The molecule has 1 N–H and O–H groups in total. The van der Waals surface area contributed by atoms with Crippen molar-refractivity contribution in [2.75, 3.05) is 0 Å². The van der Waals surface area contributed by atoms with Crippen LogP contribution in [0.15, 0.2) is 51.7 Å². The summed E-state index contributed by atoms with van der Waals surface area (Å²) in [5.41, 5.74) is 1.77. The molecular formula is C15H11Br2NO3. The number of aliphatic carboxylic acids is 1. The van der Waals surface area contributed by atoms with Crippen molar-refractivity contribution in [3.63, 3.8) is 0 Å². The summed E-state index contributed by atoms with van der Waals surface area (Å²) in [7, 11) is 0. The number of rotatable bonds is 5. The molecule has 0 aliphatic rings. The minimum Gasteiger partial charge on any atom is -0.487 e. The first kappa shape index (κ1) is 15.7. The molecule has 0 fully saturated rings. The standard InChI is InChI=1S/C15H11Br2NO3/c16-12-7-11(1-2-14(19)20)8-13(17)15(12)21-9-10-3-5-18-6-4-10/h1-8H,9H2,(H,19,20)/b2-1+. The molecule has 2 rings (SSSR count). The van der Waals surface area contributed by atoms with Gasteiger partial charge in [0, 0.05) is 18.5 Å². The largest absolute Gasteiger partial charge is 0.487 e. The van der Waals surface area contributed by atoms with E-state index >= 15 is 0 Å². The van der Waals surface area contributed by atoms with Crippen LogP contribution < -0.4 is 4.74 Å². The Morgan fingerprint density at radius 2 is 1.86 bits per heavy atom. The Bertz CT molecular complexity index is 649. The Kier molecular flexibility index (Phi) is 5.52. The van der Waals surface area contributed by atoms with E-state index in [0.717, 1.165) is 26.1 Å². The summed E-state index contributed by atoms with van der Waals surface area (Å²) in [6.45, 7) is 0.421. The minimum atomic E-state index is -0.986. The van der Waals surface area contributed by atoms with Crippen molar-refractivity contribution in [3.05, 3.63) is 62.8 Å². The summed E-state index contributed by atoms with van der Waals surface area (Å²) >= 11 is 6.86. The van der Waals surface area contributed by atoms with Gasteiger partial charge in [-0.1, -0.05) is 0 Å². The number of hydrogen-bond donors (Lipinski definition) is 1. The molecule has 0 aliphatic carbocycles. The van der Waals surface area contributed by atoms with Gasteiger partial charge in [0.25, 0.3) is 0 Å². The lowest BCUT2D eigenvalue weighted by atomic mass is 10.2. The highest BCUT2D eigenvalue weighted by Crippen LogP contribution is 2.35. The van der Waals surface area contributed by atoms with E-state index in [9.17, 15) is 4.79 Å². The van der Waals surface area contributed by atoms with E-state index in [1.165, 1.54) is 6.08 Å². The first-order valence-electron chi connectivity index (χ1n) is 5.98. The average Bonchev–Trinajstić information content (AvgIpc) is 2.45. The molecule has 0 spiro atoms. The maximum Gasteiger partial charge on any atom is 0.328 e. The number of ether oxygens (including phenoxy) is 1. The number of carboxylic acid groups (broad SMARTS) is 1. The molecule has 1 aromatic carbocycles. The number of halogens is 2. The Labute approximate surface area is 138 Å². The highest BCUT2D eigenvalue weighted by Gasteiger charge is 2.08. The predicted molar refractivity (Wildman–Crippen MR) is 87.1 cm³/mol. The zero-order valence-corrected chi connectivity index (χ0v) is 14.0. The lowest BCUT2D eigenvalue weighted by molar-refractivity contribution is -0.131. The quantitative estimate of drug-likeness (QED) is 0.744. The molecular weight excluding hydrogens is 402 g/mol. The smallest absolute Gasteiger partial charge is 0.328 e. The molecule has 0 amide bonds. The van der Waals surface area contributed by atoms with Crippen molar-refractivity contribution in [2.24, 2.45) is 0 Å². The molecule has 1 heterocycles. The summed E-state index contributed by atoms with van der Waals surface area (Å²) < 4.78 is 7.26. The number of benzene rings is 1. The van der Waals surface area contributed by atoms with Crippen molar-refractivity contribution in [3.8, 4) is 5.75 Å². The SMILES string of the molecule is O=C(O)/C=C/c1cc(Br)c(OCc2ccncc2)c(Br)c1. The summed E-state index contributed by atoms with van der Waals surface area (Å²) in [5.74, 6) is -0.320. The highest BCUT2D eigenvalue weighted by atomic mass is 79.9. The van der Waals surface area contributed by atoms with Crippen molar-refractivity contribution < 1.29 is 14.6 Å². The van der Waals surface area contributed by atoms with Crippen LogP contribution in [0.3, 0.4) is 0 Å². The Hall–Kier alpha value is -1.66. The van der Waals surface area contributed by atoms with Crippen LogP contribution in [0.2, 0.25) is 0 Å². The van der Waals surface area contributed by atoms with Crippen LogP contribution in [0.5, 0.6) is 5.75 Å². The summed E-state index contributed by atoms with van der Waals surface area (Å²) in [6.07, 6.45) is 6.03. The zero-order valence-electron chi connectivity index (χ0n) is 10.8. The lowest BCUT2D eigenvalue weighted by Gasteiger charge is -2.11. The number of aromatic nitrogens is 1. The van der Waals surface area contributed by atoms with E-state index in [-0.39, 0.29) is 0 Å². The first-order valence-corrected chi connectivity index (χ1v) is 7.56. The van der Waals surface area contributed by atoms with Crippen molar-refractivity contribution in [1.82, 2.24) is 4.98 Å². The summed E-state index contributed by atoms with van der Waals surface area (Å²) in [5, 5.41) is 8.64. The van der Waals surface area contributed by atoms with Gasteiger partial charge in [-0.15, -0.1) is 0 Å². The molecule has 4 nitrogen and oxygen atoms in total. The van der Waals surface area contributed by atoms with Gasteiger partial charge in [0.15, 0.2) is 0 Å². The van der Waals surface area contributed by atoms with Crippen molar-refractivity contribution in [1.29, 1.82) is 0 Å². The third-order valence-corrected chi connectivity index (χ3v) is 3.75. The number of carboxylic acids is 1. The van der Waals surface area contributed by atoms with Gasteiger partial charge >= 0.3 is 5.97 Å². The first-order chi connectivity index (χ1) is 10.1. The van der Waals surface area contributed by atoms with E-state index in [1.807, 2.05) is 12.1 Å². The fraction of sp³-hybridized carbons (Fsp3) is 0.0667. The van der Waals surface area contributed by atoms with E-state index in [0.29, 0.717) is 12.4 Å². The van der Waals surface area contributed by atoms with E-state index in [4.69, 9.17) is 9.84 Å². The average molecular weight is 413 g/mol. The van der Waals surface area contributed by atoms with Crippen LogP contribution in [0.4, 0.5) is 0 Å². The second kappa shape index (κ2) is 7.38.